The van der Waals surface area contributed by atoms with Gasteiger partial charge in [0.2, 0.25) is 0 Å². The van der Waals surface area contributed by atoms with E-state index in [1.807, 2.05) is 13.0 Å². The molecular formula is C13H16N4O3. The van der Waals surface area contributed by atoms with Gasteiger partial charge >= 0.3 is 0 Å². The predicted octanol–water partition coefficient (Wildman–Crippen LogP) is 2.01. The molecule has 0 aliphatic rings. The molecule has 0 atom stereocenters. The van der Waals surface area contributed by atoms with E-state index in [2.05, 4.69) is 5.32 Å². The Morgan fingerprint density at radius 3 is 2.80 bits per heavy atom. The molecule has 0 aliphatic carbocycles. The van der Waals surface area contributed by atoms with Crippen LogP contribution in [0.1, 0.15) is 23.7 Å². The van der Waals surface area contributed by atoms with Gasteiger partial charge in [0, 0.05) is 31.8 Å². The summed E-state index contributed by atoms with van der Waals surface area (Å²) in [6.45, 7) is 2.66. The number of anilines is 1. The van der Waals surface area contributed by atoms with E-state index in [9.17, 15) is 14.9 Å². The van der Waals surface area contributed by atoms with E-state index in [-0.39, 0.29) is 18.0 Å². The van der Waals surface area contributed by atoms with Crippen LogP contribution in [0.15, 0.2) is 18.2 Å². The number of benzene rings is 1. The lowest BCUT2D eigenvalue weighted by Crippen LogP contribution is -2.27. The number of amides is 1. The Morgan fingerprint density at radius 2 is 2.25 bits per heavy atom. The Bertz CT molecular complexity index is 551. The number of nitro groups is 1. The maximum atomic E-state index is 12.1. The topological polar surface area (TPSA) is 99.3 Å². The maximum absolute atomic E-state index is 12.1. The number of rotatable bonds is 6. The Labute approximate surface area is 117 Å². The second-order valence-corrected chi connectivity index (χ2v) is 4.15. The molecule has 0 unspecified atom stereocenters. The van der Waals surface area contributed by atoms with Crippen molar-refractivity contribution < 1.29 is 9.72 Å². The molecule has 0 bridgehead atoms. The zero-order valence-electron chi connectivity index (χ0n) is 11.4. The lowest BCUT2D eigenvalue weighted by molar-refractivity contribution is -0.384. The summed E-state index contributed by atoms with van der Waals surface area (Å²) in [5.41, 5.74) is 0.604. The molecule has 0 spiro atoms. The molecule has 7 nitrogen and oxygen atoms in total. The van der Waals surface area contributed by atoms with Gasteiger partial charge in [-0.15, -0.1) is 0 Å². The second kappa shape index (κ2) is 7.09. The number of nitrogens with one attached hydrogen (secondary N) is 1. The van der Waals surface area contributed by atoms with Crippen LogP contribution in [0.25, 0.3) is 0 Å². The van der Waals surface area contributed by atoms with Crippen molar-refractivity contribution in [2.75, 3.05) is 25.5 Å². The van der Waals surface area contributed by atoms with E-state index in [4.69, 9.17) is 5.26 Å². The van der Waals surface area contributed by atoms with Crippen LogP contribution >= 0.6 is 0 Å². The highest BCUT2D eigenvalue weighted by atomic mass is 16.6. The van der Waals surface area contributed by atoms with Crippen LogP contribution in [0.2, 0.25) is 0 Å². The number of nitriles is 1. The van der Waals surface area contributed by atoms with Gasteiger partial charge < -0.3 is 10.2 Å². The molecule has 0 radical (unpaired) electrons. The van der Waals surface area contributed by atoms with Gasteiger partial charge in [-0.3, -0.25) is 14.9 Å². The molecule has 1 aromatic carbocycles. The van der Waals surface area contributed by atoms with Crippen molar-refractivity contribution in [2.24, 2.45) is 0 Å². The average Bonchev–Trinajstić information content (AvgIpc) is 2.43. The third kappa shape index (κ3) is 3.68. The smallest absolute Gasteiger partial charge is 0.292 e. The fourth-order valence-corrected chi connectivity index (χ4v) is 1.70. The standard InChI is InChI=1S/C13H16N4O3/c1-3-15-11-9-10(5-6-12(11)17(19)20)13(18)16(2)8-4-7-14/h5-6,9,15H,3-4,8H2,1-2H3. The Hall–Kier alpha value is -2.62. The van der Waals surface area contributed by atoms with Crippen molar-refractivity contribution in [1.82, 2.24) is 4.90 Å². The molecule has 0 saturated carbocycles. The molecule has 1 rings (SSSR count). The fourth-order valence-electron chi connectivity index (χ4n) is 1.70. The molecular weight excluding hydrogens is 260 g/mol. The van der Waals surface area contributed by atoms with E-state index in [0.29, 0.717) is 24.3 Å². The van der Waals surface area contributed by atoms with Crippen molar-refractivity contribution in [3.05, 3.63) is 33.9 Å². The normalized spacial score (nSPS) is 9.65. The SMILES string of the molecule is CCNc1cc(C(=O)N(C)CCC#N)ccc1[N+](=O)[O-]. The van der Waals surface area contributed by atoms with Crippen molar-refractivity contribution >= 4 is 17.3 Å². The molecule has 0 saturated heterocycles. The highest BCUT2D eigenvalue weighted by Gasteiger charge is 2.18. The summed E-state index contributed by atoms with van der Waals surface area (Å²) >= 11 is 0. The lowest BCUT2D eigenvalue weighted by atomic mass is 10.1. The van der Waals surface area contributed by atoms with Crippen LogP contribution < -0.4 is 5.32 Å². The van der Waals surface area contributed by atoms with Crippen molar-refractivity contribution in [3.63, 3.8) is 0 Å². The highest BCUT2D eigenvalue weighted by molar-refractivity contribution is 5.95. The van der Waals surface area contributed by atoms with Gasteiger partial charge in [0.1, 0.15) is 5.69 Å². The second-order valence-electron chi connectivity index (χ2n) is 4.15. The van der Waals surface area contributed by atoms with Crippen LogP contribution in [0.5, 0.6) is 0 Å². The van der Waals surface area contributed by atoms with E-state index in [1.54, 1.807) is 7.05 Å². The minimum atomic E-state index is -0.494. The number of nitro benzene ring substituents is 1. The fraction of sp³-hybridized carbons (Fsp3) is 0.385. The highest BCUT2D eigenvalue weighted by Crippen LogP contribution is 2.25. The first-order chi connectivity index (χ1) is 9.51. The zero-order valence-corrected chi connectivity index (χ0v) is 11.4. The molecule has 1 N–H and O–H groups in total. The van der Waals surface area contributed by atoms with Crippen molar-refractivity contribution in [2.45, 2.75) is 13.3 Å². The minimum absolute atomic E-state index is 0.0666. The summed E-state index contributed by atoms with van der Waals surface area (Å²) in [6.07, 6.45) is 0.245. The van der Waals surface area contributed by atoms with Crippen LogP contribution in [-0.2, 0) is 0 Å². The van der Waals surface area contributed by atoms with Gasteiger partial charge in [-0.2, -0.15) is 5.26 Å². The third-order valence-electron chi connectivity index (χ3n) is 2.71. The predicted molar refractivity (Wildman–Crippen MR) is 74.5 cm³/mol. The first kappa shape index (κ1) is 15.4. The molecule has 1 amide bonds. The summed E-state index contributed by atoms with van der Waals surface area (Å²) in [6, 6.07) is 6.16. The largest absolute Gasteiger partial charge is 0.380 e. The van der Waals surface area contributed by atoms with E-state index in [0.717, 1.165) is 0 Å². The van der Waals surface area contributed by atoms with Crippen LogP contribution in [0.4, 0.5) is 11.4 Å². The van der Waals surface area contributed by atoms with Gasteiger partial charge in [-0.25, -0.2) is 0 Å². The monoisotopic (exact) mass is 276 g/mol. The molecule has 106 valence electrons. The number of carbonyl (C=O) groups is 1. The van der Waals surface area contributed by atoms with E-state index in [1.165, 1.54) is 23.1 Å². The zero-order chi connectivity index (χ0) is 15.1. The molecule has 1 aromatic rings. The third-order valence-corrected chi connectivity index (χ3v) is 2.71. The molecule has 0 aromatic heterocycles. The first-order valence-electron chi connectivity index (χ1n) is 6.16. The summed E-state index contributed by atoms with van der Waals surface area (Å²) in [7, 11) is 1.59. The summed E-state index contributed by atoms with van der Waals surface area (Å²) in [4.78, 5) is 23.9. The van der Waals surface area contributed by atoms with Crippen LogP contribution in [0, 0.1) is 21.4 Å². The van der Waals surface area contributed by atoms with Crippen LogP contribution in [0.3, 0.4) is 0 Å². The van der Waals surface area contributed by atoms with E-state index < -0.39 is 4.92 Å². The van der Waals surface area contributed by atoms with Gasteiger partial charge in [-0.05, 0) is 19.1 Å². The van der Waals surface area contributed by atoms with E-state index >= 15 is 0 Å². The van der Waals surface area contributed by atoms with Crippen molar-refractivity contribution in [3.8, 4) is 6.07 Å². The molecule has 0 aliphatic heterocycles. The average molecular weight is 276 g/mol. The van der Waals surface area contributed by atoms with Crippen LogP contribution in [-0.4, -0.2) is 35.9 Å². The molecule has 0 fully saturated rings. The summed E-state index contributed by atoms with van der Waals surface area (Å²) in [5.74, 6) is -0.269. The Balaban J connectivity index is 3.02. The number of carbonyl (C=O) groups excluding carboxylic acids is 1. The van der Waals surface area contributed by atoms with Gasteiger partial charge in [-0.1, -0.05) is 0 Å². The summed E-state index contributed by atoms with van der Waals surface area (Å²) < 4.78 is 0. The number of hydrogen-bond acceptors (Lipinski definition) is 5. The molecule has 20 heavy (non-hydrogen) atoms. The molecule has 0 heterocycles. The summed E-state index contributed by atoms with van der Waals surface area (Å²) in [5, 5.41) is 22.3. The van der Waals surface area contributed by atoms with Gasteiger partial charge in [0.15, 0.2) is 0 Å². The number of hydrogen-bond donors (Lipinski definition) is 1. The van der Waals surface area contributed by atoms with Gasteiger partial charge in [0.05, 0.1) is 17.4 Å². The Kier molecular flexibility index (Phi) is 5.47. The Morgan fingerprint density at radius 1 is 1.55 bits per heavy atom. The van der Waals surface area contributed by atoms with Crippen molar-refractivity contribution in [1.29, 1.82) is 5.26 Å². The quantitative estimate of drug-likeness (QED) is 0.633. The molecule has 7 heteroatoms. The minimum Gasteiger partial charge on any atom is -0.380 e. The first-order valence-corrected chi connectivity index (χ1v) is 6.16. The van der Waals surface area contributed by atoms with Gasteiger partial charge in [0.25, 0.3) is 11.6 Å². The number of nitrogens with zero attached hydrogens (tertiary/aromatic N) is 3. The maximum Gasteiger partial charge on any atom is 0.292 e. The lowest BCUT2D eigenvalue weighted by Gasteiger charge is -2.16.